The molecule has 0 N–H and O–H groups in total. The van der Waals surface area contributed by atoms with Gasteiger partial charge in [0, 0.05) is 12.1 Å². The number of nitro groups is 1. The Morgan fingerprint density at radius 1 is 0.690 bits per heavy atom. The molecule has 0 saturated carbocycles. The maximum atomic E-state index is 13.1. The number of hydrogen-bond acceptors (Lipinski definition) is 8. The third kappa shape index (κ3) is 7.86. The van der Waals surface area contributed by atoms with Crippen LogP contribution in [0.3, 0.4) is 0 Å². The van der Waals surface area contributed by atoms with Crippen LogP contribution in [0.15, 0.2) is 115 Å². The van der Waals surface area contributed by atoms with Crippen molar-refractivity contribution in [2.75, 3.05) is 6.61 Å². The molecule has 0 bridgehead atoms. The molecule has 1 unspecified atom stereocenters. The summed E-state index contributed by atoms with van der Waals surface area (Å²) in [7, 11) is 0. The van der Waals surface area contributed by atoms with E-state index >= 15 is 0 Å². The monoisotopic (exact) mass is 569 g/mol. The Morgan fingerprint density at radius 2 is 1.19 bits per heavy atom. The van der Waals surface area contributed by atoms with Gasteiger partial charge in [-0.05, 0) is 28.8 Å². The van der Waals surface area contributed by atoms with Crippen LogP contribution in [0, 0.1) is 10.1 Å². The highest BCUT2D eigenvalue weighted by Crippen LogP contribution is 2.31. The summed E-state index contributed by atoms with van der Waals surface area (Å²) in [6, 6.07) is 34.3. The van der Waals surface area contributed by atoms with Crippen LogP contribution in [0.2, 0.25) is 0 Å². The Balaban J connectivity index is 1.35. The highest BCUT2D eigenvalue weighted by atomic mass is 16.7. The first-order valence-electron chi connectivity index (χ1n) is 13.6. The number of ether oxygens (including phenoxy) is 5. The van der Waals surface area contributed by atoms with Crippen LogP contribution in [0.4, 0.5) is 5.69 Å². The second-order valence-corrected chi connectivity index (χ2v) is 9.78. The number of carbonyl (C=O) groups excluding carboxylic acids is 1. The van der Waals surface area contributed by atoms with Gasteiger partial charge in [-0.15, -0.1) is 0 Å². The van der Waals surface area contributed by atoms with Crippen molar-refractivity contribution in [3.05, 3.63) is 148 Å². The lowest BCUT2D eigenvalue weighted by molar-refractivity contribution is -0.384. The number of non-ortho nitro benzene ring substituents is 1. The van der Waals surface area contributed by atoms with E-state index in [0.29, 0.717) is 6.61 Å². The van der Waals surface area contributed by atoms with Crippen molar-refractivity contribution in [1.29, 1.82) is 0 Å². The number of hydrogen-bond donors (Lipinski definition) is 0. The minimum atomic E-state index is -1.11. The molecule has 5 rings (SSSR count). The molecule has 42 heavy (non-hydrogen) atoms. The quantitative estimate of drug-likeness (QED) is 0.112. The van der Waals surface area contributed by atoms with Crippen molar-refractivity contribution in [2.24, 2.45) is 0 Å². The van der Waals surface area contributed by atoms with Gasteiger partial charge in [-0.1, -0.05) is 91.0 Å². The lowest BCUT2D eigenvalue weighted by atomic mass is 10.1. The zero-order chi connectivity index (χ0) is 29.1. The Labute approximate surface area is 243 Å². The molecule has 0 radical (unpaired) electrons. The fourth-order valence-electron chi connectivity index (χ4n) is 4.59. The van der Waals surface area contributed by atoms with Gasteiger partial charge in [-0.25, -0.2) is 4.79 Å². The average Bonchev–Trinajstić information content (AvgIpc) is 3.35. The van der Waals surface area contributed by atoms with Crippen LogP contribution in [0.1, 0.15) is 27.0 Å². The van der Waals surface area contributed by atoms with Crippen molar-refractivity contribution in [1.82, 2.24) is 0 Å². The summed E-state index contributed by atoms with van der Waals surface area (Å²) in [6.45, 7) is 1.07. The summed E-state index contributed by atoms with van der Waals surface area (Å²) in [5, 5.41) is 11.0. The summed E-state index contributed by atoms with van der Waals surface area (Å²) >= 11 is 0. The maximum absolute atomic E-state index is 13.1. The number of rotatable bonds is 13. The Morgan fingerprint density at radius 3 is 1.71 bits per heavy atom. The fraction of sp³-hybridized carbons (Fsp3) is 0.242. The van der Waals surface area contributed by atoms with Gasteiger partial charge in [0.2, 0.25) is 6.29 Å². The Hall–Kier alpha value is -4.41. The predicted octanol–water partition coefficient (Wildman–Crippen LogP) is 5.86. The number of nitro benzene ring substituents is 1. The Bertz CT molecular complexity index is 1420. The van der Waals surface area contributed by atoms with Crippen LogP contribution >= 0.6 is 0 Å². The van der Waals surface area contributed by atoms with Gasteiger partial charge in [0.25, 0.3) is 5.69 Å². The molecule has 1 fully saturated rings. The normalized spacial score (nSPS) is 19.8. The van der Waals surface area contributed by atoms with Gasteiger partial charge in [0.05, 0.1) is 36.9 Å². The summed E-state index contributed by atoms with van der Waals surface area (Å²) in [5.41, 5.74) is 2.93. The van der Waals surface area contributed by atoms with Gasteiger partial charge in [0.1, 0.15) is 18.3 Å². The minimum Gasteiger partial charge on any atom is -0.429 e. The van der Waals surface area contributed by atoms with E-state index in [9.17, 15) is 14.9 Å². The number of carbonyl (C=O) groups is 1. The molecular weight excluding hydrogens is 538 g/mol. The smallest absolute Gasteiger partial charge is 0.340 e. The molecule has 1 heterocycles. The molecule has 9 nitrogen and oxygen atoms in total. The molecule has 4 aromatic carbocycles. The van der Waals surface area contributed by atoms with E-state index < -0.39 is 35.5 Å². The third-order valence-electron chi connectivity index (χ3n) is 6.77. The summed E-state index contributed by atoms with van der Waals surface area (Å²) in [4.78, 5) is 23.6. The van der Waals surface area contributed by atoms with E-state index in [-0.39, 0.29) is 31.1 Å². The van der Waals surface area contributed by atoms with Crippen LogP contribution in [-0.2, 0) is 43.5 Å². The van der Waals surface area contributed by atoms with Gasteiger partial charge in [-0.3, -0.25) is 10.1 Å². The lowest BCUT2D eigenvalue weighted by Crippen LogP contribution is -2.40. The molecule has 9 heteroatoms. The van der Waals surface area contributed by atoms with E-state index in [2.05, 4.69) is 0 Å². The summed E-state index contributed by atoms with van der Waals surface area (Å²) in [6.07, 6.45) is -3.11. The topological polar surface area (TPSA) is 106 Å². The second-order valence-electron chi connectivity index (χ2n) is 9.78. The van der Waals surface area contributed by atoms with E-state index in [0.717, 1.165) is 16.7 Å². The molecular formula is C33H31NO8. The van der Waals surface area contributed by atoms with Crippen LogP contribution in [-0.4, -0.2) is 42.1 Å². The number of esters is 1. The number of nitrogens with zero attached hydrogens (tertiary/aromatic N) is 1. The SMILES string of the molecule is O=C(OC1O[C@H](COCc2ccccc2)[C@@H](OCc2ccccc2)[C@H]1OCc1ccccc1)c1ccc([N+](=O)[O-])cc1. The summed E-state index contributed by atoms with van der Waals surface area (Å²) < 4.78 is 30.7. The molecule has 0 aromatic heterocycles. The average molecular weight is 570 g/mol. The first-order valence-corrected chi connectivity index (χ1v) is 13.6. The van der Waals surface area contributed by atoms with Gasteiger partial charge >= 0.3 is 5.97 Å². The van der Waals surface area contributed by atoms with E-state index in [1.165, 1.54) is 24.3 Å². The van der Waals surface area contributed by atoms with Crippen molar-refractivity contribution in [3.8, 4) is 0 Å². The van der Waals surface area contributed by atoms with E-state index in [1.807, 2.05) is 91.0 Å². The predicted molar refractivity (Wildman–Crippen MR) is 153 cm³/mol. The molecule has 0 spiro atoms. The zero-order valence-electron chi connectivity index (χ0n) is 22.8. The maximum Gasteiger partial charge on any atom is 0.340 e. The Kier molecular flexibility index (Phi) is 10.0. The molecule has 1 aliphatic rings. The van der Waals surface area contributed by atoms with Crippen LogP contribution in [0.25, 0.3) is 0 Å². The molecule has 4 aromatic rings. The molecule has 1 saturated heterocycles. The summed E-state index contributed by atoms with van der Waals surface area (Å²) in [5.74, 6) is -0.698. The van der Waals surface area contributed by atoms with Crippen molar-refractivity contribution in [3.63, 3.8) is 0 Å². The molecule has 4 atom stereocenters. The van der Waals surface area contributed by atoms with Crippen molar-refractivity contribution >= 4 is 11.7 Å². The van der Waals surface area contributed by atoms with E-state index in [4.69, 9.17) is 23.7 Å². The minimum absolute atomic E-state index is 0.127. The molecule has 1 aliphatic heterocycles. The standard InChI is InChI=1S/C33H31NO8/c35-32(27-16-18-28(19-17-27)34(36)37)42-33-31(40-22-26-14-8-3-9-15-26)30(39-21-25-12-6-2-7-13-25)29(41-33)23-38-20-24-10-4-1-5-11-24/h1-19,29-31,33H,20-23H2/t29-,30-,31-,33?/m1/s1. The highest BCUT2D eigenvalue weighted by Gasteiger charge is 2.48. The first-order chi connectivity index (χ1) is 20.6. The van der Waals surface area contributed by atoms with Gasteiger partial charge in [-0.2, -0.15) is 0 Å². The van der Waals surface area contributed by atoms with Crippen LogP contribution in [0.5, 0.6) is 0 Å². The van der Waals surface area contributed by atoms with Gasteiger partial charge in [0.15, 0.2) is 0 Å². The van der Waals surface area contributed by atoms with Crippen molar-refractivity contribution in [2.45, 2.75) is 44.4 Å². The first kappa shape index (κ1) is 29.1. The zero-order valence-corrected chi connectivity index (χ0v) is 22.8. The molecule has 216 valence electrons. The largest absolute Gasteiger partial charge is 0.429 e. The lowest BCUT2D eigenvalue weighted by Gasteiger charge is -2.25. The van der Waals surface area contributed by atoms with Gasteiger partial charge < -0.3 is 23.7 Å². The number of benzene rings is 4. The molecule has 0 amide bonds. The van der Waals surface area contributed by atoms with Crippen molar-refractivity contribution < 1.29 is 33.4 Å². The third-order valence-corrected chi connectivity index (χ3v) is 6.77. The fourth-order valence-corrected chi connectivity index (χ4v) is 4.59. The molecule has 0 aliphatic carbocycles. The second kappa shape index (κ2) is 14.5. The highest BCUT2D eigenvalue weighted by molar-refractivity contribution is 5.89. The van der Waals surface area contributed by atoms with Crippen LogP contribution < -0.4 is 0 Å². The van der Waals surface area contributed by atoms with E-state index in [1.54, 1.807) is 0 Å².